The molecule has 1 aromatic rings. The Morgan fingerprint density at radius 3 is 2.83 bits per heavy atom. The smallest absolute Gasteiger partial charge is 0.126 e. The first-order chi connectivity index (χ1) is 5.86. The molecule has 0 aliphatic carbocycles. The molecule has 0 unspecified atom stereocenters. The van der Waals surface area contributed by atoms with Gasteiger partial charge < -0.3 is 9.84 Å². The molecule has 0 saturated heterocycles. The number of aryl methyl sites for hydroxylation is 1. The number of aliphatic hydroxyl groups is 1. The van der Waals surface area contributed by atoms with Crippen molar-refractivity contribution in [1.82, 2.24) is 0 Å². The summed E-state index contributed by atoms with van der Waals surface area (Å²) in [5.74, 6) is 0.753. The van der Waals surface area contributed by atoms with Crippen LogP contribution in [0.5, 0.6) is 5.75 Å². The van der Waals surface area contributed by atoms with Gasteiger partial charge in [0, 0.05) is 12.7 Å². The predicted molar refractivity (Wildman–Crippen MR) is 47.2 cm³/mol. The number of rotatable bonds is 4. The van der Waals surface area contributed by atoms with E-state index in [0.717, 1.165) is 18.6 Å². The van der Waals surface area contributed by atoms with Gasteiger partial charge >= 0.3 is 0 Å². The lowest BCUT2D eigenvalue weighted by Crippen LogP contribution is -1.89. The highest BCUT2D eigenvalue weighted by atomic mass is 16.5. The summed E-state index contributed by atoms with van der Waals surface area (Å²) in [6, 6.07) is 8.76. The monoisotopic (exact) mass is 165 g/mol. The van der Waals surface area contributed by atoms with Gasteiger partial charge in [0.05, 0.1) is 7.11 Å². The molecule has 2 nitrogen and oxygen atoms in total. The molecular formula is C10H13O2. The number of methoxy groups -OCH3 is 1. The first-order valence-electron chi connectivity index (χ1n) is 4.02. The minimum atomic E-state index is 0.242. The SMILES string of the molecule is COc1[c]cc(CCCO)cc1. The van der Waals surface area contributed by atoms with Gasteiger partial charge in [-0.3, -0.25) is 0 Å². The second-order valence-corrected chi connectivity index (χ2v) is 2.59. The second-order valence-electron chi connectivity index (χ2n) is 2.59. The van der Waals surface area contributed by atoms with Crippen LogP contribution in [0.1, 0.15) is 12.0 Å². The zero-order valence-electron chi connectivity index (χ0n) is 7.21. The van der Waals surface area contributed by atoms with Crippen molar-refractivity contribution in [1.29, 1.82) is 0 Å². The maximum absolute atomic E-state index is 8.59. The molecule has 0 saturated carbocycles. The van der Waals surface area contributed by atoms with Crippen molar-refractivity contribution in [2.75, 3.05) is 13.7 Å². The molecular weight excluding hydrogens is 152 g/mol. The van der Waals surface area contributed by atoms with Gasteiger partial charge in [0.15, 0.2) is 0 Å². The van der Waals surface area contributed by atoms with Gasteiger partial charge in [-0.1, -0.05) is 6.07 Å². The predicted octanol–water partition coefficient (Wildman–Crippen LogP) is 1.42. The fourth-order valence-electron chi connectivity index (χ4n) is 1.01. The van der Waals surface area contributed by atoms with E-state index in [-0.39, 0.29) is 6.61 Å². The van der Waals surface area contributed by atoms with E-state index < -0.39 is 0 Å². The molecule has 0 aliphatic rings. The quantitative estimate of drug-likeness (QED) is 0.731. The van der Waals surface area contributed by atoms with Crippen LogP contribution < -0.4 is 4.74 Å². The topological polar surface area (TPSA) is 29.5 Å². The Bertz CT molecular complexity index is 216. The van der Waals surface area contributed by atoms with Crippen molar-refractivity contribution in [2.24, 2.45) is 0 Å². The molecule has 1 aromatic carbocycles. The summed E-state index contributed by atoms with van der Waals surface area (Å²) < 4.78 is 4.97. The maximum atomic E-state index is 8.59. The summed E-state index contributed by atoms with van der Waals surface area (Å²) in [4.78, 5) is 0. The second kappa shape index (κ2) is 4.78. The van der Waals surface area contributed by atoms with Crippen LogP contribution in [0.3, 0.4) is 0 Å². The van der Waals surface area contributed by atoms with Gasteiger partial charge in [-0.2, -0.15) is 0 Å². The standard InChI is InChI=1S/C10H13O2/c1-12-10-6-4-9(5-7-10)3-2-8-11/h4-6,11H,2-3,8H2,1H3. The molecule has 0 spiro atoms. The number of ether oxygens (including phenoxy) is 1. The van der Waals surface area contributed by atoms with Crippen molar-refractivity contribution in [3.05, 3.63) is 29.8 Å². The van der Waals surface area contributed by atoms with Crippen LogP contribution in [0.2, 0.25) is 0 Å². The summed E-state index contributed by atoms with van der Waals surface area (Å²) in [5, 5.41) is 8.59. The summed E-state index contributed by atoms with van der Waals surface area (Å²) in [7, 11) is 1.62. The third-order valence-corrected chi connectivity index (χ3v) is 1.69. The average Bonchev–Trinajstić information content (AvgIpc) is 2.15. The van der Waals surface area contributed by atoms with Gasteiger partial charge in [-0.15, -0.1) is 0 Å². The summed E-state index contributed by atoms with van der Waals surface area (Å²) in [6.45, 7) is 0.242. The van der Waals surface area contributed by atoms with Crippen LogP contribution in [0.25, 0.3) is 0 Å². The minimum Gasteiger partial charge on any atom is -0.496 e. The highest BCUT2D eigenvalue weighted by Crippen LogP contribution is 2.11. The minimum absolute atomic E-state index is 0.242. The van der Waals surface area contributed by atoms with Crippen LogP contribution in [-0.2, 0) is 6.42 Å². The first-order valence-corrected chi connectivity index (χ1v) is 4.02. The third kappa shape index (κ3) is 2.55. The van der Waals surface area contributed by atoms with Crippen molar-refractivity contribution in [3.63, 3.8) is 0 Å². The number of benzene rings is 1. The highest BCUT2D eigenvalue weighted by molar-refractivity contribution is 5.25. The Morgan fingerprint density at radius 2 is 2.33 bits per heavy atom. The first kappa shape index (κ1) is 9.07. The normalized spacial score (nSPS) is 9.83. The van der Waals surface area contributed by atoms with Gasteiger partial charge in [0.2, 0.25) is 0 Å². The molecule has 0 fully saturated rings. The molecule has 0 amide bonds. The Balaban J connectivity index is 2.53. The molecule has 0 bridgehead atoms. The third-order valence-electron chi connectivity index (χ3n) is 1.69. The van der Waals surface area contributed by atoms with Crippen molar-refractivity contribution < 1.29 is 9.84 Å². The van der Waals surface area contributed by atoms with Crippen molar-refractivity contribution in [3.8, 4) is 5.75 Å². The van der Waals surface area contributed by atoms with Gasteiger partial charge in [-0.05, 0) is 30.5 Å². The zero-order valence-corrected chi connectivity index (χ0v) is 7.21. The van der Waals surface area contributed by atoms with E-state index in [1.54, 1.807) is 7.11 Å². The van der Waals surface area contributed by atoms with Crippen molar-refractivity contribution in [2.45, 2.75) is 12.8 Å². The molecule has 1 N–H and O–H groups in total. The van der Waals surface area contributed by atoms with Crippen LogP contribution in [-0.4, -0.2) is 18.8 Å². The van der Waals surface area contributed by atoms with Gasteiger partial charge in [0.25, 0.3) is 0 Å². The van der Waals surface area contributed by atoms with Gasteiger partial charge in [0.1, 0.15) is 5.75 Å². The van der Waals surface area contributed by atoms with Crippen LogP contribution in [0.4, 0.5) is 0 Å². The highest BCUT2D eigenvalue weighted by Gasteiger charge is 1.93. The Morgan fingerprint density at radius 1 is 1.50 bits per heavy atom. The van der Waals surface area contributed by atoms with Crippen LogP contribution in [0.15, 0.2) is 18.2 Å². The molecule has 0 atom stereocenters. The lowest BCUT2D eigenvalue weighted by molar-refractivity contribution is 0.288. The van der Waals surface area contributed by atoms with Crippen LogP contribution in [0, 0.1) is 6.07 Å². The van der Waals surface area contributed by atoms with E-state index in [1.807, 2.05) is 18.2 Å². The summed E-state index contributed by atoms with van der Waals surface area (Å²) >= 11 is 0. The zero-order chi connectivity index (χ0) is 8.81. The fourth-order valence-corrected chi connectivity index (χ4v) is 1.01. The Hall–Kier alpha value is -1.02. The molecule has 0 aromatic heterocycles. The Labute approximate surface area is 72.8 Å². The number of hydrogen-bond donors (Lipinski definition) is 1. The molecule has 12 heavy (non-hydrogen) atoms. The van der Waals surface area contributed by atoms with E-state index >= 15 is 0 Å². The largest absolute Gasteiger partial charge is 0.496 e. The van der Waals surface area contributed by atoms with E-state index in [2.05, 4.69) is 6.07 Å². The molecule has 1 rings (SSSR count). The summed E-state index contributed by atoms with van der Waals surface area (Å²) in [6.07, 6.45) is 1.71. The fraction of sp³-hybridized carbons (Fsp3) is 0.400. The molecule has 1 radical (unpaired) electrons. The van der Waals surface area contributed by atoms with Crippen molar-refractivity contribution >= 4 is 0 Å². The Kier molecular flexibility index (Phi) is 3.61. The molecule has 65 valence electrons. The number of aliphatic hydroxyl groups excluding tert-OH is 1. The molecule has 0 heterocycles. The lowest BCUT2D eigenvalue weighted by atomic mass is 10.1. The average molecular weight is 165 g/mol. The van der Waals surface area contributed by atoms with Gasteiger partial charge in [-0.25, -0.2) is 0 Å². The summed E-state index contributed by atoms with van der Waals surface area (Å²) in [5.41, 5.74) is 1.19. The number of hydrogen-bond acceptors (Lipinski definition) is 2. The van der Waals surface area contributed by atoms with E-state index in [1.165, 1.54) is 5.56 Å². The molecule has 0 aliphatic heterocycles. The maximum Gasteiger partial charge on any atom is 0.126 e. The molecule has 2 heteroatoms. The van der Waals surface area contributed by atoms with E-state index in [9.17, 15) is 0 Å². The van der Waals surface area contributed by atoms with E-state index in [0.29, 0.717) is 0 Å². The lowest BCUT2D eigenvalue weighted by Gasteiger charge is -2.01. The van der Waals surface area contributed by atoms with Crippen LogP contribution >= 0.6 is 0 Å². The van der Waals surface area contributed by atoms with E-state index in [4.69, 9.17) is 9.84 Å².